The van der Waals surface area contributed by atoms with Crippen molar-refractivity contribution in [2.45, 2.75) is 17.3 Å². The van der Waals surface area contributed by atoms with Crippen LogP contribution >= 0.6 is 23.4 Å². The Kier molecular flexibility index (Phi) is 4.81. The number of benzene rings is 2. The number of fused-ring (bicyclic) bond motifs is 1. The highest BCUT2D eigenvalue weighted by Crippen LogP contribution is 2.26. The molecule has 0 amide bonds. The topological polar surface area (TPSA) is 56.5 Å². The Morgan fingerprint density at radius 1 is 1.04 bits per heavy atom. The van der Waals surface area contributed by atoms with Crippen LogP contribution in [-0.4, -0.2) is 25.0 Å². The Morgan fingerprint density at radius 3 is 2.65 bits per heavy atom. The summed E-state index contributed by atoms with van der Waals surface area (Å²) in [5.74, 6) is 0.450. The largest absolute Gasteiger partial charge is 0.227 e. The van der Waals surface area contributed by atoms with Crippen molar-refractivity contribution in [1.82, 2.24) is 25.0 Å². The van der Waals surface area contributed by atoms with E-state index in [1.165, 1.54) is 12.4 Å². The first-order chi connectivity index (χ1) is 12.7. The number of halogens is 2. The zero-order chi connectivity index (χ0) is 17.9. The summed E-state index contributed by atoms with van der Waals surface area (Å²) in [6, 6.07) is 14.3. The fourth-order valence-electron chi connectivity index (χ4n) is 2.50. The van der Waals surface area contributed by atoms with Crippen LogP contribution in [0.25, 0.3) is 11.2 Å². The zero-order valence-electron chi connectivity index (χ0n) is 13.5. The summed E-state index contributed by atoms with van der Waals surface area (Å²) in [5.41, 5.74) is 2.86. The molecule has 0 unspecified atom stereocenters. The van der Waals surface area contributed by atoms with Crippen LogP contribution in [0.3, 0.4) is 0 Å². The predicted octanol–water partition coefficient (Wildman–Crippen LogP) is 4.35. The third-order valence-corrected chi connectivity index (χ3v) is 5.14. The van der Waals surface area contributed by atoms with Crippen molar-refractivity contribution in [3.63, 3.8) is 0 Å². The van der Waals surface area contributed by atoms with E-state index in [1.807, 2.05) is 24.3 Å². The van der Waals surface area contributed by atoms with Gasteiger partial charge in [0.2, 0.25) is 0 Å². The summed E-state index contributed by atoms with van der Waals surface area (Å²) in [6.45, 7) is 0.265. The molecule has 0 radical (unpaired) electrons. The average Bonchev–Trinajstić information content (AvgIpc) is 3.07. The van der Waals surface area contributed by atoms with E-state index in [9.17, 15) is 4.39 Å². The van der Waals surface area contributed by atoms with Crippen LogP contribution in [0.1, 0.15) is 11.1 Å². The number of thioether (sulfide) groups is 1. The van der Waals surface area contributed by atoms with Gasteiger partial charge >= 0.3 is 0 Å². The quantitative estimate of drug-likeness (QED) is 0.377. The third kappa shape index (κ3) is 3.54. The van der Waals surface area contributed by atoms with Crippen molar-refractivity contribution in [2.24, 2.45) is 0 Å². The summed E-state index contributed by atoms with van der Waals surface area (Å²) in [5, 5.41) is 9.77. The van der Waals surface area contributed by atoms with Gasteiger partial charge in [0.05, 0.1) is 6.54 Å². The first kappa shape index (κ1) is 16.9. The number of aromatic nitrogens is 5. The Hall–Kier alpha value is -2.51. The van der Waals surface area contributed by atoms with E-state index >= 15 is 0 Å². The summed E-state index contributed by atoms with van der Waals surface area (Å²) < 4.78 is 15.5. The molecule has 4 aromatic rings. The first-order valence-electron chi connectivity index (χ1n) is 7.85. The second-order valence-electron chi connectivity index (χ2n) is 5.60. The molecule has 2 heterocycles. The van der Waals surface area contributed by atoms with Gasteiger partial charge in [0.15, 0.2) is 11.2 Å². The monoisotopic (exact) mass is 385 g/mol. The molecule has 0 saturated carbocycles. The molecule has 2 aromatic heterocycles. The fourth-order valence-corrected chi connectivity index (χ4v) is 3.52. The normalized spacial score (nSPS) is 11.2. The van der Waals surface area contributed by atoms with E-state index in [0.717, 1.165) is 16.3 Å². The first-order valence-corrected chi connectivity index (χ1v) is 9.22. The van der Waals surface area contributed by atoms with Gasteiger partial charge in [-0.15, -0.1) is 5.10 Å². The van der Waals surface area contributed by atoms with Crippen molar-refractivity contribution in [2.75, 3.05) is 0 Å². The molecular formula is C18H13ClFN5S. The van der Waals surface area contributed by atoms with Crippen LogP contribution in [0.4, 0.5) is 4.39 Å². The zero-order valence-corrected chi connectivity index (χ0v) is 15.1. The summed E-state index contributed by atoms with van der Waals surface area (Å²) >= 11 is 7.46. The minimum Gasteiger partial charge on any atom is -0.227 e. The van der Waals surface area contributed by atoms with Gasteiger partial charge in [-0.05, 0) is 23.8 Å². The predicted molar refractivity (Wildman–Crippen MR) is 99.6 cm³/mol. The van der Waals surface area contributed by atoms with Crippen molar-refractivity contribution in [3.05, 3.63) is 76.8 Å². The highest BCUT2D eigenvalue weighted by Gasteiger charge is 2.13. The molecule has 0 spiro atoms. The molecule has 4 rings (SSSR count). The molecule has 130 valence electrons. The molecule has 26 heavy (non-hydrogen) atoms. The van der Waals surface area contributed by atoms with Crippen LogP contribution in [0.5, 0.6) is 0 Å². The lowest BCUT2D eigenvalue weighted by Gasteiger charge is -2.04. The minimum absolute atomic E-state index is 0.265. The van der Waals surface area contributed by atoms with Gasteiger partial charge in [-0.2, -0.15) is 0 Å². The lowest BCUT2D eigenvalue weighted by atomic mass is 10.2. The van der Waals surface area contributed by atoms with E-state index in [4.69, 9.17) is 11.6 Å². The molecule has 5 nitrogen and oxygen atoms in total. The molecule has 0 aliphatic carbocycles. The van der Waals surface area contributed by atoms with Crippen molar-refractivity contribution < 1.29 is 4.39 Å². The Labute approximate surface area is 158 Å². The van der Waals surface area contributed by atoms with Gasteiger partial charge in [0.1, 0.15) is 17.2 Å². The van der Waals surface area contributed by atoms with E-state index < -0.39 is 0 Å². The standard InChI is InChI=1S/C18H13ClFN5S/c19-14-7-5-12(6-8-14)10-26-18-16-17(21-11-22-18)25(24-23-16)9-13-3-1-2-4-15(13)20/h1-8,11H,9-10H2. The maximum absolute atomic E-state index is 13.9. The highest BCUT2D eigenvalue weighted by molar-refractivity contribution is 7.98. The highest BCUT2D eigenvalue weighted by atomic mass is 35.5. The van der Waals surface area contributed by atoms with Gasteiger partial charge in [-0.1, -0.05) is 58.9 Å². The molecule has 2 aromatic carbocycles. The second-order valence-corrected chi connectivity index (χ2v) is 7.01. The average molecular weight is 386 g/mol. The van der Waals surface area contributed by atoms with E-state index in [0.29, 0.717) is 21.7 Å². The van der Waals surface area contributed by atoms with Gasteiger partial charge in [-0.3, -0.25) is 0 Å². The second kappa shape index (κ2) is 7.39. The molecule has 0 aliphatic heterocycles. The summed E-state index contributed by atoms with van der Waals surface area (Å²) in [7, 11) is 0. The summed E-state index contributed by atoms with van der Waals surface area (Å²) in [4.78, 5) is 8.58. The molecule has 0 atom stereocenters. The maximum atomic E-state index is 13.9. The SMILES string of the molecule is Fc1ccccc1Cn1nnc2c(SCc3ccc(Cl)cc3)ncnc21. The Balaban J connectivity index is 1.58. The minimum atomic E-state index is -0.275. The van der Waals surface area contributed by atoms with Crippen LogP contribution < -0.4 is 0 Å². The maximum Gasteiger partial charge on any atom is 0.183 e. The number of nitrogens with zero attached hydrogens (tertiary/aromatic N) is 5. The van der Waals surface area contributed by atoms with Crippen LogP contribution in [0, 0.1) is 5.82 Å². The molecule has 0 N–H and O–H groups in total. The molecule has 0 fully saturated rings. The van der Waals surface area contributed by atoms with E-state index in [-0.39, 0.29) is 12.4 Å². The lowest BCUT2D eigenvalue weighted by Crippen LogP contribution is -2.04. The van der Waals surface area contributed by atoms with Gasteiger partial charge in [0.25, 0.3) is 0 Å². The lowest BCUT2D eigenvalue weighted by molar-refractivity contribution is 0.582. The molecular weight excluding hydrogens is 373 g/mol. The van der Waals surface area contributed by atoms with Gasteiger partial charge in [-0.25, -0.2) is 19.0 Å². The van der Waals surface area contributed by atoms with Gasteiger partial charge < -0.3 is 0 Å². The van der Waals surface area contributed by atoms with E-state index in [2.05, 4.69) is 20.3 Å². The van der Waals surface area contributed by atoms with Crippen LogP contribution in [0.2, 0.25) is 5.02 Å². The summed E-state index contributed by atoms with van der Waals surface area (Å²) in [6.07, 6.45) is 1.48. The van der Waals surface area contributed by atoms with Crippen molar-refractivity contribution in [3.8, 4) is 0 Å². The smallest absolute Gasteiger partial charge is 0.183 e. The number of hydrogen-bond acceptors (Lipinski definition) is 5. The van der Waals surface area contributed by atoms with Crippen molar-refractivity contribution >= 4 is 34.5 Å². The number of rotatable bonds is 5. The van der Waals surface area contributed by atoms with Crippen LogP contribution in [-0.2, 0) is 12.3 Å². The molecule has 8 heteroatoms. The fraction of sp³-hybridized carbons (Fsp3) is 0.111. The Bertz CT molecular complexity index is 1050. The molecule has 0 saturated heterocycles. The van der Waals surface area contributed by atoms with Crippen molar-refractivity contribution in [1.29, 1.82) is 0 Å². The van der Waals surface area contributed by atoms with Crippen LogP contribution in [0.15, 0.2) is 59.9 Å². The Morgan fingerprint density at radius 2 is 1.85 bits per heavy atom. The molecule has 0 aliphatic rings. The van der Waals surface area contributed by atoms with Gasteiger partial charge in [0, 0.05) is 16.3 Å². The van der Waals surface area contributed by atoms with E-state index in [1.54, 1.807) is 34.6 Å². The third-order valence-electron chi connectivity index (χ3n) is 3.83. The molecule has 0 bridgehead atoms. The number of hydrogen-bond donors (Lipinski definition) is 0.